The molecule has 18 heavy (non-hydrogen) atoms. The quantitative estimate of drug-likeness (QED) is 0.903. The van der Waals surface area contributed by atoms with Gasteiger partial charge in [0.05, 0.1) is 0 Å². The summed E-state index contributed by atoms with van der Waals surface area (Å²) in [5.41, 5.74) is 1.25. The summed E-state index contributed by atoms with van der Waals surface area (Å²) < 4.78 is 1.10. The van der Waals surface area contributed by atoms with Crippen LogP contribution in [0.1, 0.15) is 38.7 Å². The van der Waals surface area contributed by atoms with E-state index in [0.717, 1.165) is 23.7 Å². The van der Waals surface area contributed by atoms with Crippen molar-refractivity contribution < 1.29 is 4.79 Å². The Labute approximate surface area is 117 Å². The maximum Gasteiger partial charge on any atom is 0.220 e. The molecule has 1 heterocycles. The van der Waals surface area contributed by atoms with Gasteiger partial charge in [0.2, 0.25) is 5.91 Å². The van der Waals surface area contributed by atoms with E-state index in [4.69, 9.17) is 0 Å². The summed E-state index contributed by atoms with van der Waals surface area (Å²) in [4.78, 5) is 11.6. The second kappa shape index (κ2) is 5.43. The number of benzene rings is 1. The summed E-state index contributed by atoms with van der Waals surface area (Å²) in [6, 6.07) is 8.37. The average molecular weight is 310 g/mol. The number of carbonyl (C=O) groups is 1. The van der Waals surface area contributed by atoms with Crippen LogP contribution in [0.4, 0.5) is 0 Å². The van der Waals surface area contributed by atoms with Gasteiger partial charge in [-0.15, -0.1) is 0 Å². The van der Waals surface area contributed by atoms with Crippen molar-refractivity contribution in [3.8, 4) is 0 Å². The van der Waals surface area contributed by atoms with E-state index in [0.29, 0.717) is 12.3 Å². The van der Waals surface area contributed by atoms with Crippen molar-refractivity contribution in [2.24, 2.45) is 5.92 Å². The van der Waals surface area contributed by atoms with Crippen molar-refractivity contribution in [2.75, 3.05) is 0 Å². The highest BCUT2D eigenvalue weighted by atomic mass is 79.9. The van der Waals surface area contributed by atoms with E-state index in [1.807, 2.05) is 6.07 Å². The van der Waals surface area contributed by atoms with E-state index in [-0.39, 0.29) is 11.4 Å². The highest BCUT2D eigenvalue weighted by Gasteiger charge is 2.37. The van der Waals surface area contributed by atoms with Crippen LogP contribution in [0.25, 0.3) is 0 Å². The lowest BCUT2D eigenvalue weighted by molar-refractivity contribution is -0.119. The van der Waals surface area contributed by atoms with Crippen LogP contribution in [0.3, 0.4) is 0 Å². The van der Waals surface area contributed by atoms with Gasteiger partial charge in [0, 0.05) is 16.4 Å². The predicted octanol–water partition coefficient (Wildman–Crippen LogP) is 3.69. The fourth-order valence-electron chi connectivity index (χ4n) is 2.95. The third-order valence-electron chi connectivity index (χ3n) is 3.47. The van der Waals surface area contributed by atoms with E-state index in [1.165, 1.54) is 5.56 Å². The number of halogens is 1. The summed E-state index contributed by atoms with van der Waals surface area (Å²) >= 11 is 3.50. The zero-order valence-corrected chi connectivity index (χ0v) is 12.6. The molecule has 1 N–H and O–H groups in total. The first-order valence-electron chi connectivity index (χ1n) is 6.55. The SMILES string of the molecule is CC(C)CC1(Cc2cccc(Br)c2)CCC(=O)N1. The highest BCUT2D eigenvalue weighted by Crippen LogP contribution is 2.31. The lowest BCUT2D eigenvalue weighted by Crippen LogP contribution is -2.44. The Hall–Kier alpha value is -0.830. The van der Waals surface area contributed by atoms with E-state index in [1.54, 1.807) is 0 Å². The number of carbonyl (C=O) groups excluding carboxylic acids is 1. The van der Waals surface area contributed by atoms with Crippen LogP contribution in [0.15, 0.2) is 28.7 Å². The van der Waals surface area contributed by atoms with Crippen LogP contribution in [0.5, 0.6) is 0 Å². The van der Waals surface area contributed by atoms with Gasteiger partial charge in [-0.25, -0.2) is 0 Å². The fraction of sp³-hybridized carbons (Fsp3) is 0.533. The van der Waals surface area contributed by atoms with Gasteiger partial charge in [-0.1, -0.05) is 41.9 Å². The standard InChI is InChI=1S/C15H20BrNO/c1-11(2)9-15(7-6-14(18)17-15)10-12-4-3-5-13(16)8-12/h3-5,8,11H,6-7,9-10H2,1-2H3,(H,17,18). The Bertz CT molecular complexity index is 444. The molecule has 0 bridgehead atoms. The van der Waals surface area contributed by atoms with Crippen molar-refractivity contribution in [3.05, 3.63) is 34.3 Å². The minimum atomic E-state index is -0.0357. The summed E-state index contributed by atoms with van der Waals surface area (Å²) in [6.07, 6.45) is 3.60. The molecule has 3 heteroatoms. The highest BCUT2D eigenvalue weighted by molar-refractivity contribution is 9.10. The first-order valence-corrected chi connectivity index (χ1v) is 7.34. The van der Waals surface area contributed by atoms with Gasteiger partial charge in [0.1, 0.15) is 0 Å². The van der Waals surface area contributed by atoms with Gasteiger partial charge >= 0.3 is 0 Å². The van der Waals surface area contributed by atoms with Crippen LogP contribution in [-0.4, -0.2) is 11.4 Å². The first-order chi connectivity index (χ1) is 8.49. The zero-order valence-electron chi connectivity index (χ0n) is 11.0. The minimum Gasteiger partial charge on any atom is -0.350 e. The maximum absolute atomic E-state index is 11.6. The number of amides is 1. The predicted molar refractivity (Wildman–Crippen MR) is 77.4 cm³/mol. The minimum absolute atomic E-state index is 0.0357. The van der Waals surface area contributed by atoms with Gasteiger partial charge < -0.3 is 5.32 Å². The molecule has 0 spiro atoms. The first kappa shape index (κ1) is 13.6. The molecule has 1 aliphatic rings. The molecule has 1 saturated heterocycles. The fourth-order valence-corrected chi connectivity index (χ4v) is 3.40. The van der Waals surface area contributed by atoms with Crippen LogP contribution in [-0.2, 0) is 11.2 Å². The summed E-state index contributed by atoms with van der Waals surface area (Å²) in [5.74, 6) is 0.793. The molecule has 0 saturated carbocycles. The van der Waals surface area contributed by atoms with Crippen molar-refractivity contribution in [3.63, 3.8) is 0 Å². The third-order valence-corrected chi connectivity index (χ3v) is 3.96. The molecular formula is C15H20BrNO. The molecule has 98 valence electrons. The molecular weight excluding hydrogens is 290 g/mol. The van der Waals surface area contributed by atoms with Gasteiger partial charge in [-0.2, -0.15) is 0 Å². The Morgan fingerprint density at radius 3 is 2.78 bits per heavy atom. The molecule has 1 amide bonds. The molecule has 2 rings (SSSR count). The van der Waals surface area contributed by atoms with Crippen molar-refractivity contribution in [1.29, 1.82) is 0 Å². The number of hydrogen-bond donors (Lipinski definition) is 1. The zero-order chi connectivity index (χ0) is 13.2. The Morgan fingerprint density at radius 2 is 2.22 bits per heavy atom. The van der Waals surface area contributed by atoms with Crippen molar-refractivity contribution in [2.45, 2.75) is 45.1 Å². The van der Waals surface area contributed by atoms with Crippen molar-refractivity contribution in [1.82, 2.24) is 5.32 Å². The molecule has 2 nitrogen and oxygen atoms in total. The number of rotatable bonds is 4. The lowest BCUT2D eigenvalue weighted by Gasteiger charge is -2.31. The van der Waals surface area contributed by atoms with Gasteiger partial charge in [0.15, 0.2) is 0 Å². The van der Waals surface area contributed by atoms with Crippen LogP contribution in [0.2, 0.25) is 0 Å². The molecule has 1 fully saturated rings. The smallest absolute Gasteiger partial charge is 0.220 e. The second-order valence-electron chi connectivity index (χ2n) is 5.73. The molecule has 1 atom stereocenters. The maximum atomic E-state index is 11.6. The largest absolute Gasteiger partial charge is 0.350 e. The molecule has 0 aliphatic carbocycles. The van der Waals surface area contributed by atoms with Gasteiger partial charge in [-0.05, 0) is 42.9 Å². The molecule has 1 unspecified atom stereocenters. The van der Waals surface area contributed by atoms with Crippen LogP contribution >= 0.6 is 15.9 Å². The van der Waals surface area contributed by atoms with E-state index < -0.39 is 0 Å². The summed E-state index contributed by atoms with van der Waals surface area (Å²) in [6.45, 7) is 4.43. The van der Waals surface area contributed by atoms with E-state index >= 15 is 0 Å². The summed E-state index contributed by atoms with van der Waals surface area (Å²) in [7, 11) is 0. The summed E-state index contributed by atoms with van der Waals surface area (Å²) in [5, 5.41) is 3.21. The monoisotopic (exact) mass is 309 g/mol. The lowest BCUT2D eigenvalue weighted by atomic mass is 9.82. The third kappa shape index (κ3) is 3.35. The van der Waals surface area contributed by atoms with Crippen LogP contribution < -0.4 is 5.32 Å². The Balaban J connectivity index is 2.18. The van der Waals surface area contributed by atoms with Crippen molar-refractivity contribution >= 4 is 21.8 Å². The average Bonchev–Trinajstić information content (AvgIpc) is 2.58. The topological polar surface area (TPSA) is 29.1 Å². The molecule has 0 radical (unpaired) electrons. The van der Waals surface area contributed by atoms with E-state index in [9.17, 15) is 4.79 Å². The van der Waals surface area contributed by atoms with E-state index in [2.05, 4.69) is 53.3 Å². The normalized spacial score (nSPS) is 23.4. The Kier molecular flexibility index (Phi) is 4.10. The molecule has 0 aromatic heterocycles. The Morgan fingerprint density at radius 1 is 1.44 bits per heavy atom. The van der Waals surface area contributed by atoms with Crippen LogP contribution in [0, 0.1) is 5.92 Å². The second-order valence-corrected chi connectivity index (χ2v) is 6.65. The number of nitrogens with one attached hydrogen (secondary N) is 1. The van der Waals surface area contributed by atoms with Gasteiger partial charge in [-0.3, -0.25) is 4.79 Å². The van der Waals surface area contributed by atoms with Gasteiger partial charge in [0.25, 0.3) is 0 Å². The molecule has 1 aromatic carbocycles. The molecule has 1 aliphatic heterocycles. The molecule has 1 aromatic rings. The number of hydrogen-bond acceptors (Lipinski definition) is 1.